The lowest BCUT2D eigenvalue weighted by Crippen LogP contribution is -2.37. The molecule has 3 heterocycles. The number of ether oxygens (including phenoxy) is 1. The van der Waals surface area contributed by atoms with Crippen molar-refractivity contribution in [3.63, 3.8) is 0 Å². The lowest BCUT2D eigenvalue weighted by atomic mass is 10.1. The number of hydrazone groups is 1. The molecule has 2 aliphatic heterocycles. The van der Waals surface area contributed by atoms with E-state index in [1.165, 1.54) is 11.3 Å². The highest BCUT2D eigenvalue weighted by molar-refractivity contribution is 8.08. The standard InChI is InChI=1S/C19H22N4O4S2/c1-13-2-4-14(5-3-13)11-20-17(24)19-22-21-18-16(29(19,25)26)10-15(28-18)12-23-6-8-27-9-7-23/h2-5,10,21H,6-9,11-12H2,1H3,(H,20,24). The molecule has 0 unspecified atom stereocenters. The Hall–Kier alpha value is -2.27. The molecule has 4 rings (SSSR count). The van der Waals surface area contributed by atoms with Gasteiger partial charge in [-0.1, -0.05) is 29.8 Å². The van der Waals surface area contributed by atoms with Crippen LogP contribution in [0.15, 0.2) is 40.3 Å². The maximum atomic E-state index is 12.9. The molecule has 1 amide bonds. The smallest absolute Gasteiger partial charge is 0.284 e. The Bertz CT molecular complexity index is 1040. The average molecular weight is 435 g/mol. The van der Waals surface area contributed by atoms with E-state index in [4.69, 9.17) is 4.74 Å². The second kappa shape index (κ2) is 8.23. The lowest BCUT2D eigenvalue weighted by molar-refractivity contribution is -0.114. The summed E-state index contributed by atoms with van der Waals surface area (Å²) in [5.41, 5.74) is 4.73. The molecule has 1 saturated heterocycles. The number of thiophene rings is 1. The molecule has 29 heavy (non-hydrogen) atoms. The summed E-state index contributed by atoms with van der Waals surface area (Å²) >= 11 is 1.35. The van der Waals surface area contributed by atoms with Crippen molar-refractivity contribution >= 4 is 37.1 Å². The van der Waals surface area contributed by atoms with Crippen LogP contribution in [0.2, 0.25) is 0 Å². The van der Waals surface area contributed by atoms with Crippen LogP contribution in [0.3, 0.4) is 0 Å². The molecular weight excluding hydrogens is 412 g/mol. The van der Waals surface area contributed by atoms with E-state index in [0.717, 1.165) is 29.1 Å². The number of nitrogens with zero attached hydrogens (tertiary/aromatic N) is 2. The Morgan fingerprint density at radius 1 is 1.28 bits per heavy atom. The number of hydrogen-bond donors (Lipinski definition) is 2. The summed E-state index contributed by atoms with van der Waals surface area (Å²) in [7, 11) is -3.97. The fraction of sp³-hybridized carbons (Fsp3) is 0.368. The fourth-order valence-corrected chi connectivity index (χ4v) is 5.90. The summed E-state index contributed by atoms with van der Waals surface area (Å²) in [4.78, 5) is 15.7. The minimum absolute atomic E-state index is 0.112. The van der Waals surface area contributed by atoms with E-state index in [2.05, 4.69) is 20.7 Å². The van der Waals surface area contributed by atoms with Gasteiger partial charge in [-0.25, -0.2) is 8.42 Å². The first kappa shape index (κ1) is 20.0. The third-order valence-electron chi connectivity index (χ3n) is 4.80. The predicted octanol–water partition coefficient (Wildman–Crippen LogP) is 1.72. The first-order valence-corrected chi connectivity index (χ1v) is 11.6. The first-order chi connectivity index (χ1) is 13.9. The number of sulfone groups is 1. The number of carbonyl (C=O) groups is 1. The molecule has 8 nitrogen and oxygen atoms in total. The van der Waals surface area contributed by atoms with Crippen LogP contribution in [0, 0.1) is 6.92 Å². The van der Waals surface area contributed by atoms with Gasteiger partial charge in [0.2, 0.25) is 14.9 Å². The van der Waals surface area contributed by atoms with Crippen molar-refractivity contribution in [2.45, 2.75) is 24.9 Å². The minimum Gasteiger partial charge on any atom is -0.379 e. The maximum Gasteiger partial charge on any atom is 0.284 e. The van der Waals surface area contributed by atoms with E-state index < -0.39 is 20.8 Å². The first-order valence-electron chi connectivity index (χ1n) is 9.29. The number of morpholine rings is 1. The van der Waals surface area contributed by atoms with Crippen molar-refractivity contribution in [2.75, 3.05) is 31.7 Å². The molecule has 1 aromatic heterocycles. The number of aryl methyl sites for hydroxylation is 1. The van der Waals surface area contributed by atoms with Crippen LogP contribution in [0.4, 0.5) is 5.00 Å². The summed E-state index contributed by atoms with van der Waals surface area (Å²) in [5.74, 6) is -0.718. The van der Waals surface area contributed by atoms with Crippen molar-refractivity contribution in [3.05, 3.63) is 46.3 Å². The van der Waals surface area contributed by atoms with Crippen LogP contribution in [0.5, 0.6) is 0 Å². The number of rotatable bonds is 5. The molecule has 0 atom stereocenters. The quantitative estimate of drug-likeness (QED) is 0.743. The zero-order chi connectivity index (χ0) is 20.4. The molecule has 0 spiro atoms. The average Bonchev–Trinajstić information content (AvgIpc) is 3.12. The zero-order valence-corrected chi connectivity index (χ0v) is 17.6. The number of fused-ring (bicyclic) bond motifs is 1. The Labute approximate surface area is 173 Å². The highest BCUT2D eigenvalue weighted by atomic mass is 32.2. The van der Waals surface area contributed by atoms with Crippen LogP contribution >= 0.6 is 11.3 Å². The molecule has 1 aromatic carbocycles. The summed E-state index contributed by atoms with van der Waals surface area (Å²) in [5, 5.41) is 6.43. The van der Waals surface area contributed by atoms with Gasteiger partial charge in [0.05, 0.1) is 13.2 Å². The minimum atomic E-state index is -3.97. The van der Waals surface area contributed by atoms with Crippen LogP contribution in [0.25, 0.3) is 0 Å². The van der Waals surface area contributed by atoms with Gasteiger partial charge in [-0.2, -0.15) is 5.10 Å². The number of anilines is 1. The maximum absolute atomic E-state index is 12.9. The van der Waals surface area contributed by atoms with Gasteiger partial charge in [-0.05, 0) is 18.6 Å². The number of benzene rings is 1. The van der Waals surface area contributed by atoms with Gasteiger partial charge in [-0.3, -0.25) is 15.1 Å². The Morgan fingerprint density at radius 3 is 2.72 bits per heavy atom. The van der Waals surface area contributed by atoms with Gasteiger partial charge in [0.15, 0.2) is 0 Å². The number of amides is 1. The topological polar surface area (TPSA) is 100 Å². The van der Waals surface area contributed by atoms with Crippen molar-refractivity contribution in [2.24, 2.45) is 5.10 Å². The Morgan fingerprint density at radius 2 is 2.00 bits per heavy atom. The van der Waals surface area contributed by atoms with Crippen LogP contribution in [0.1, 0.15) is 16.0 Å². The Kier molecular flexibility index (Phi) is 5.68. The van der Waals surface area contributed by atoms with Crippen molar-refractivity contribution in [3.8, 4) is 0 Å². The highest BCUT2D eigenvalue weighted by Crippen LogP contribution is 2.36. The highest BCUT2D eigenvalue weighted by Gasteiger charge is 2.36. The van der Waals surface area contributed by atoms with Crippen molar-refractivity contribution < 1.29 is 17.9 Å². The van der Waals surface area contributed by atoms with Gasteiger partial charge in [-0.15, -0.1) is 11.3 Å². The van der Waals surface area contributed by atoms with Crippen molar-refractivity contribution in [1.82, 2.24) is 10.2 Å². The molecule has 2 aliphatic rings. The van der Waals surface area contributed by atoms with Crippen LogP contribution < -0.4 is 10.7 Å². The Balaban J connectivity index is 1.46. The third-order valence-corrected chi connectivity index (χ3v) is 7.64. The fourth-order valence-electron chi connectivity index (χ4n) is 3.16. The summed E-state index contributed by atoms with van der Waals surface area (Å²) in [6, 6.07) is 9.29. The monoisotopic (exact) mass is 434 g/mol. The second-order valence-corrected chi connectivity index (χ2v) is 9.97. The summed E-state index contributed by atoms with van der Waals surface area (Å²) in [6.07, 6.45) is 0. The molecule has 0 aliphatic carbocycles. The summed E-state index contributed by atoms with van der Waals surface area (Å²) in [6.45, 7) is 5.83. The van der Waals surface area contributed by atoms with E-state index >= 15 is 0 Å². The molecule has 1 fully saturated rings. The molecule has 10 heteroatoms. The van der Waals surface area contributed by atoms with E-state index in [-0.39, 0.29) is 11.4 Å². The van der Waals surface area contributed by atoms with Gasteiger partial charge < -0.3 is 10.1 Å². The lowest BCUT2D eigenvalue weighted by Gasteiger charge is -2.25. The predicted molar refractivity (Wildman–Crippen MR) is 112 cm³/mol. The number of hydrogen-bond acceptors (Lipinski definition) is 8. The molecular formula is C19H22N4O4S2. The molecule has 0 radical (unpaired) electrons. The van der Waals surface area contributed by atoms with Gasteiger partial charge in [0.1, 0.15) is 9.90 Å². The van der Waals surface area contributed by atoms with Gasteiger partial charge in [0, 0.05) is 31.1 Å². The molecule has 0 saturated carbocycles. The van der Waals surface area contributed by atoms with Crippen LogP contribution in [-0.4, -0.2) is 50.6 Å². The van der Waals surface area contributed by atoms with Crippen LogP contribution in [-0.2, 0) is 32.5 Å². The second-order valence-electron chi connectivity index (χ2n) is 7.00. The van der Waals surface area contributed by atoms with E-state index in [9.17, 15) is 13.2 Å². The van der Waals surface area contributed by atoms with E-state index in [0.29, 0.717) is 24.8 Å². The SMILES string of the molecule is Cc1ccc(CNC(=O)C2=NNc3sc(CN4CCOCC4)cc3S2(=O)=O)cc1. The molecule has 0 bridgehead atoms. The van der Waals surface area contributed by atoms with Gasteiger partial charge in [0.25, 0.3) is 5.91 Å². The number of nitrogens with one attached hydrogen (secondary N) is 2. The van der Waals surface area contributed by atoms with Crippen molar-refractivity contribution in [1.29, 1.82) is 0 Å². The molecule has 2 N–H and O–H groups in total. The largest absolute Gasteiger partial charge is 0.379 e. The normalized spacial score (nSPS) is 18.4. The summed E-state index contributed by atoms with van der Waals surface area (Å²) < 4.78 is 31.2. The third kappa shape index (κ3) is 4.35. The van der Waals surface area contributed by atoms with Gasteiger partial charge >= 0.3 is 0 Å². The van der Waals surface area contributed by atoms with E-state index in [1.807, 2.05) is 31.2 Å². The molecule has 2 aromatic rings. The number of carbonyl (C=O) groups excluding carboxylic acids is 1. The zero-order valence-electron chi connectivity index (χ0n) is 16.0. The molecule has 154 valence electrons. The van der Waals surface area contributed by atoms with E-state index in [1.54, 1.807) is 6.07 Å².